The molecular formula is C29H45N5O4. The predicted octanol–water partition coefficient (Wildman–Crippen LogP) is 3.07. The van der Waals surface area contributed by atoms with E-state index in [2.05, 4.69) is 41.5 Å². The van der Waals surface area contributed by atoms with E-state index in [-0.39, 0.29) is 18.4 Å². The van der Waals surface area contributed by atoms with Gasteiger partial charge in [0.15, 0.2) is 0 Å². The van der Waals surface area contributed by atoms with Crippen LogP contribution in [0.25, 0.3) is 0 Å². The zero-order chi connectivity index (χ0) is 28.1. The number of ether oxygens (including phenoxy) is 1. The number of nitrogens with one attached hydrogen (secondary N) is 2. The van der Waals surface area contributed by atoms with Crippen molar-refractivity contribution in [1.29, 1.82) is 0 Å². The number of methoxy groups -OCH3 is 1. The Morgan fingerprint density at radius 1 is 0.974 bits per heavy atom. The largest absolute Gasteiger partial charge is 0.453 e. The second-order valence-electron chi connectivity index (χ2n) is 9.64. The molecule has 0 aliphatic carbocycles. The summed E-state index contributed by atoms with van der Waals surface area (Å²) >= 11 is 0. The summed E-state index contributed by atoms with van der Waals surface area (Å²) in [6.45, 7) is 10.6. The first-order valence-electron chi connectivity index (χ1n) is 13.4. The van der Waals surface area contributed by atoms with Crippen LogP contribution in [0.3, 0.4) is 0 Å². The second-order valence-corrected chi connectivity index (χ2v) is 9.64. The van der Waals surface area contributed by atoms with Crippen LogP contribution in [-0.4, -0.2) is 67.0 Å². The SMILES string of the molecule is CC[C@H](C)[C@H](NC(=O)OC)C(=O)N[C@@H](Cc1ccccc1)[C@@H](O)CN(N)Cc1ccc(N(CC)CC)cc1. The molecule has 0 bridgehead atoms. The molecule has 0 fully saturated rings. The van der Waals surface area contributed by atoms with Crippen LogP contribution in [0.5, 0.6) is 0 Å². The molecule has 9 nitrogen and oxygen atoms in total. The van der Waals surface area contributed by atoms with Crippen molar-refractivity contribution in [3.05, 3.63) is 65.7 Å². The summed E-state index contributed by atoms with van der Waals surface area (Å²) < 4.78 is 4.71. The molecule has 0 aliphatic rings. The lowest BCUT2D eigenvalue weighted by Gasteiger charge is -2.30. The van der Waals surface area contributed by atoms with Crippen LogP contribution < -0.4 is 21.4 Å². The number of benzene rings is 2. The highest BCUT2D eigenvalue weighted by atomic mass is 16.5. The minimum atomic E-state index is -0.949. The minimum Gasteiger partial charge on any atom is -0.453 e. The van der Waals surface area contributed by atoms with Gasteiger partial charge in [-0.15, -0.1) is 0 Å². The number of rotatable bonds is 15. The van der Waals surface area contributed by atoms with Gasteiger partial charge >= 0.3 is 6.09 Å². The van der Waals surface area contributed by atoms with Crippen LogP contribution in [0, 0.1) is 5.92 Å². The van der Waals surface area contributed by atoms with Gasteiger partial charge in [0.2, 0.25) is 5.91 Å². The van der Waals surface area contributed by atoms with E-state index in [1.807, 2.05) is 56.3 Å². The van der Waals surface area contributed by atoms with Gasteiger partial charge in [-0.1, -0.05) is 62.7 Å². The summed E-state index contributed by atoms with van der Waals surface area (Å²) in [6, 6.07) is 16.5. The third-order valence-corrected chi connectivity index (χ3v) is 6.92. The number of aliphatic hydroxyl groups excluding tert-OH is 1. The molecule has 0 saturated carbocycles. The van der Waals surface area contributed by atoms with Gasteiger partial charge < -0.3 is 25.4 Å². The number of aliphatic hydroxyl groups is 1. The second kappa shape index (κ2) is 16.0. The van der Waals surface area contributed by atoms with E-state index < -0.39 is 24.3 Å². The Hall–Kier alpha value is -3.14. The Balaban J connectivity index is 2.13. The summed E-state index contributed by atoms with van der Waals surface area (Å²) in [4.78, 5) is 27.4. The van der Waals surface area contributed by atoms with E-state index >= 15 is 0 Å². The number of nitrogens with two attached hydrogens (primary N) is 1. The van der Waals surface area contributed by atoms with Crippen molar-refractivity contribution in [2.24, 2.45) is 11.8 Å². The van der Waals surface area contributed by atoms with Crippen molar-refractivity contribution < 1.29 is 19.4 Å². The van der Waals surface area contributed by atoms with Crippen LogP contribution >= 0.6 is 0 Å². The zero-order valence-electron chi connectivity index (χ0n) is 23.4. The molecule has 2 amide bonds. The highest BCUT2D eigenvalue weighted by Crippen LogP contribution is 2.16. The van der Waals surface area contributed by atoms with Crippen LogP contribution in [0.15, 0.2) is 54.6 Å². The van der Waals surface area contributed by atoms with Gasteiger partial charge in [0, 0.05) is 31.9 Å². The number of anilines is 1. The molecule has 0 heterocycles. The van der Waals surface area contributed by atoms with Crippen molar-refractivity contribution >= 4 is 17.7 Å². The van der Waals surface area contributed by atoms with Crippen molar-refractivity contribution in [3.63, 3.8) is 0 Å². The third kappa shape index (κ3) is 9.63. The number of carbonyl (C=O) groups is 2. The Labute approximate surface area is 227 Å². The van der Waals surface area contributed by atoms with Crippen molar-refractivity contribution in [1.82, 2.24) is 15.6 Å². The van der Waals surface area contributed by atoms with Crippen molar-refractivity contribution in [2.75, 3.05) is 31.6 Å². The molecule has 2 aromatic rings. The third-order valence-electron chi connectivity index (χ3n) is 6.92. The maximum Gasteiger partial charge on any atom is 0.407 e. The topological polar surface area (TPSA) is 120 Å². The zero-order valence-corrected chi connectivity index (χ0v) is 23.4. The summed E-state index contributed by atoms with van der Waals surface area (Å²) in [7, 11) is 1.26. The Kier molecular flexibility index (Phi) is 13.1. The highest BCUT2D eigenvalue weighted by molar-refractivity contribution is 5.86. The molecule has 38 heavy (non-hydrogen) atoms. The first-order valence-corrected chi connectivity index (χ1v) is 13.4. The molecule has 0 aliphatic heterocycles. The van der Waals surface area contributed by atoms with E-state index in [9.17, 15) is 14.7 Å². The number of hydrogen-bond donors (Lipinski definition) is 4. The normalized spacial score (nSPS) is 14.3. The van der Waals surface area contributed by atoms with E-state index in [1.54, 1.807) is 5.01 Å². The quantitative estimate of drug-likeness (QED) is 0.208. The van der Waals surface area contributed by atoms with Crippen molar-refractivity contribution in [3.8, 4) is 0 Å². The fourth-order valence-corrected chi connectivity index (χ4v) is 4.38. The maximum absolute atomic E-state index is 13.3. The lowest BCUT2D eigenvalue weighted by atomic mass is 9.96. The first-order chi connectivity index (χ1) is 18.2. The van der Waals surface area contributed by atoms with Crippen LogP contribution in [0.1, 0.15) is 45.2 Å². The van der Waals surface area contributed by atoms with E-state index in [0.29, 0.717) is 19.4 Å². The maximum atomic E-state index is 13.3. The molecule has 2 rings (SSSR count). The Bertz CT molecular complexity index is 969. The van der Waals surface area contributed by atoms with E-state index in [0.717, 1.165) is 29.9 Å². The fraction of sp³-hybridized carbons (Fsp3) is 0.517. The van der Waals surface area contributed by atoms with Gasteiger partial charge in [-0.3, -0.25) is 10.6 Å². The predicted molar refractivity (Wildman–Crippen MR) is 151 cm³/mol. The summed E-state index contributed by atoms with van der Waals surface area (Å²) in [5, 5.41) is 18.3. The molecule has 0 radical (unpaired) electrons. The Morgan fingerprint density at radius 3 is 2.16 bits per heavy atom. The van der Waals surface area contributed by atoms with Crippen LogP contribution in [-0.2, 0) is 22.5 Å². The standard InChI is InChI=1S/C29H45N5O4/c1-6-21(4)27(32-29(37)38-5)28(36)31-25(18-22-12-10-9-11-13-22)26(35)20-34(30)19-23-14-16-24(17-15-23)33(7-2)8-3/h9-17,21,25-27,35H,6-8,18-20,30H2,1-5H3,(H,31,36)(H,32,37)/t21-,25-,26-,27-/m0/s1. The smallest absolute Gasteiger partial charge is 0.407 e. The lowest BCUT2D eigenvalue weighted by Crippen LogP contribution is -2.57. The summed E-state index contributed by atoms with van der Waals surface area (Å²) in [6.07, 6.45) is -0.538. The number of nitrogens with zero attached hydrogens (tertiary/aromatic N) is 2. The van der Waals surface area contributed by atoms with Gasteiger partial charge in [-0.05, 0) is 49.4 Å². The Morgan fingerprint density at radius 2 is 1.61 bits per heavy atom. The van der Waals surface area contributed by atoms with Gasteiger partial charge in [0.05, 0.1) is 19.3 Å². The molecular weight excluding hydrogens is 482 g/mol. The molecule has 210 valence electrons. The molecule has 9 heteroatoms. The summed E-state index contributed by atoms with van der Waals surface area (Å²) in [5.74, 6) is 5.80. The minimum absolute atomic E-state index is 0.131. The monoisotopic (exact) mass is 527 g/mol. The number of hydrazine groups is 1. The molecule has 0 unspecified atom stereocenters. The first kappa shape index (κ1) is 31.1. The van der Waals surface area contributed by atoms with Crippen LogP contribution in [0.4, 0.5) is 10.5 Å². The molecule has 5 N–H and O–H groups in total. The molecule has 4 atom stereocenters. The average Bonchev–Trinajstić information content (AvgIpc) is 2.92. The van der Waals surface area contributed by atoms with E-state index in [1.165, 1.54) is 7.11 Å². The number of hydrogen-bond acceptors (Lipinski definition) is 7. The fourth-order valence-electron chi connectivity index (χ4n) is 4.38. The average molecular weight is 528 g/mol. The van der Waals surface area contributed by atoms with Gasteiger partial charge in [0.25, 0.3) is 0 Å². The number of carbonyl (C=O) groups excluding carboxylic acids is 2. The van der Waals surface area contributed by atoms with Crippen LogP contribution in [0.2, 0.25) is 0 Å². The lowest BCUT2D eigenvalue weighted by molar-refractivity contribution is -0.126. The van der Waals surface area contributed by atoms with Crippen molar-refractivity contribution in [2.45, 2.75) is 65.3 Å². The number of amides is 2. The van der Waals surface area contributed by atoms with Gasteiger partial charge in [0.1, 0.15) is 6.04 Å². The highest BCUT2D eigenvalue weighted by Gasteiger charge is 2.30. The molecule has 0 saturated heterocycles. The van der Waals surface area contributed by atoms with E-state index in [4.69, 9.17) is 10.6 Å². The number of alkyl carbamates (subject to hydrolysis) is 1. The molecule has 2 aromatic carbocycles. The van der Waals surface area contributed by atoms with Gasteiger partial charge in [-0.25, -0.2) is 9.80 Å². The summed E-state index contributed by atoms with van der Waals surface area (Å²) in [5.41, 5.74) is 3.15. The molecule has 0 spiro atoms. The molecule has 0 aromatic heterocycles. The van der Waals surface area contributed by atoms with Gasteiger partial charge in [-0.2, -0.15) is 0 Å².